The highest BCUT2D eigenvalue weighted by Gasteiger charge is 2.26. The van der Waals surface area contributed by atoms with Crippen molar-refractivity contribution in [2.75, 3.05) is 0 Å². The number of benzene rings is 1. The van der Waals surface area contributed by atoms with Crippen LogP contribution in [0.3, 0.4) is 0 Å². The van der Waals surface area contributed by atoms with Crippen LogP contribution in [0, 0.1) is 17.1 Å². The first kappa shape index (κ1) is 13.2. The van der Waals surface area contributed by atoms with Crippen molar-refractivity contribution in [3.8, 4) is 6.07 Å². The molecule has 0 saturated carbocycles. The second-order valence-corrected chi connectivity index (χ2v) is 4.21. The van der Waals surface area contributed by atoms with E-state index in [0.29, 0.717) is 0 Å². The molecule has 0 bridgehead atoms. The normalized spacial score (nSPS) is 11.6. The van der Waals surface area contributed by atoms with Crippen LogP contribution in [-0.2, 0) is 0 Å². The average molecular weight is 275 g/mol. The third-order valence-corrected chi connectivity index (χ3v) is 2.96. The van der Waals surface area contributed by atoms with Crippen LogP contribution in [0.2, 0.25) is 5.02 Å². The van der Waals surface area contributed by atoms with E-state index in [2.05, 4.69) is 4.98 Å². The van der Waals surface area contributed by atoms with Gasteiger partial charge in [-0.3, -0.25) is 9.78 Å². The van der Waals surface area contributed by atoms with Crippen molar-refractivity contribution in [3.05, 3.63) is 64.7 Å². The van der Waals surface area contributed by atoms with Gasteiger partial charge in [0.15, 0.2) is 5.78 Å². The Balaban J connectivity index is 2.47. The molecule has 2 aromatic rings. The molecule has 1 unspecified atom stereocenters. The highest BCUT2D eigenvalue weighted by molar-refractivity contribution is 6.31. The van der Waals surface area contributed by atoms with Crippen LogP contribution in [0.25, 0.3) is 0 Å². The molecular formula is C14H8ClFN2O. The molecule has 19 heavy (non-hydrogen) atoms. The van der Waals surface area contributed by atoms with Crippen molar-refractivity contribution in [3.63, 3.8) is 0 Å². The fourth-order valence-electron chi connectivity index (χ4n) is 1.72. The number of hydrogen-bond acceptors (Lipinski definition) is 3. The van der Waals surface area contributed by atoms with Crippen LogP contribution in [0.5, 0.6) is 0 Å². The van der Waals surface area contributed by atoms with Crippen LogP contribution in [0.4, 0.5) is 4.39 Å². The zero-order chi connectivity index (χ0) is 13.8. The van der Waals surface area contributed by atoms with E-state index >= 15 is 0 Å². The second kappa shape index (κ2) is 5.59. The van der Waals surface area contributed by atoms with Gasteiger partial charge in [-0.2, -0.15) is 5.26 Å². The van der Waals surface area contributed by atoms with Gasteiger partial charge in [0, 0.05) is 28.5 Å². The molecule has 2 rings (SSSR count). The first-order valence-electron chi connectivity index (χ1n) is 5.43. The Labute approximate surface area is 114 Å². The van der Waals surface area contributed by atoms with Gasteiger partial charge in [0.25, 0.3) is 0 Å². The van der Waals surface area contributed by atoms with E-state index in [4.69, 9.17) is 16.9 Å². The lowest BCUT2D eigenvalue weighted by Gasteiger charge is -2.11. The lowest BCUT2D eigenvalue weighted by atomic mass is 9.92. The summed E-state index contributed by atoms with van der Waals surface area (Å²) in [6.45, 7) is 0. The number of halogens is 2. The van der Waals surface area contributed by atoms with Crippen molar-refractivity contribution in [2.45, 2.75) is 5.92 Å². The van der Waals surface area contributed by atoms with Crippen molar-refractivity contribution in [2.24, 2.45) is 0 Å². The van der Waals surface area contributed by atoms with Gasteiger partial charge in [-0.1, -0.05) is 17.7 Å². The summed E-state index contributed by atoms with van der Waals surface area (Å²) in [6, 6.07) is 8.93. The molecule has 1 atom stereocenters. The van der Waals surface area contributed by atoms with Gasteiger partial charge < -0.3 is 0 Å². The quantitative estimate of drug-likeness (QED) is 0.807. The maximum Gasteiger partial charge on any atom is 0.186 e. The zero-order valence-electron chi connectivity index (χ0n) is 9.68. The smallest absolute Gasteiger partial charge is 0.186 e. The van der Waals surface area contributed by atoms with Gasteiger partial charge in [0.1, 0.15) is 11.7 Å². The molecule has 0 amide bonds. The molecule has 1 aromatic carbocycles. The minimum atomic E-state index is -1.28. The summed E-state index contributed by atoms with van der Waals surface area (Å²) in [5.41, 5.74) is 0.147. The summed E-state index contributed by atoms with van der Waals surface area (Å²) >= 11 is 5.88. The highest BCUT2D eigenvalue weighted by atomic mass is 35.5. The van der Waals surface area contributed by atoms with Crippen LogP contribution >= 0.6 is 11.6 Å². The van der Waals surface area contributed by atoms with Crippen molar-refractivity contribution in [1.29, 1.82) is 5.26 Å². The maximum absolute atomic E-state index is 13.8. The predicted molar refractivity (Wildman–Crippen MR) is 68.3 cm³/mol. The zero-order valence-corrected chi connectivity index (χ0v) is 10.4. The first-order chi connectivity index (χ1) is 9.15. The van der Waals surface area contributed by atoms with Crippen LogP contribution in [0.15, 0.2) is 42.7 Å². The van der Waals surface area contributed by atoms with Crippen molar-refractivity contribution < 1.29 is 9.18 Å². The number of carbonyl (C=O) groups excluding carboxylic acids is 1. The SMILES string of the molecule is N#CC(C(=O)c1cccnc1)c1c(F)cccc1Cl. The fraction of sp³-hybridized carbons (Fsp3) is 0.0714. The van der Waals surface area contributed by atoms with E-state index < -0.39 is 17.5 Å². The molecule has 0 fully saturated rings. The molecule has 0 N–H and O–H groups in total. The lowest BCUT2D eigenvalue weighted by molar-refractivity contribution is 0.0977. The molecule has 0 radical (unpaired) electrons. The van der Waals surface area contributed by atoms with E-state index in [-0.39, 0.29) is 16.1 Å². The molecule has 0 saturated heterocycles. The Morgan fingerprint density at radius 2 is 2.16 bits per heavy atom. The summed E-state index contributed by atoms with van der Waals surface area (Å²) in [6.07, 6.45) is 2.84. The fourth-order valence-corrected chi connectivity index (χ4v) is 1.99. The topological polar surface area (TPSA) is 53.8 Å². The van der Waals surface area contributed by atoms with Gasteiger partial charge in [0.2, 0.25) is 0 Å². The minimum absolute atomic E-state index is 0.0591. The number of aromatic nitrogens is 1. The Hall–Kier alpha value is -2.25. The third-order valence-electron chi connectivity index (χ3n) is 2.63. The molecule has 0 aliphatic carbocycles. The van der Waals surface area contributed by atoms with Crippen LogP contribution < -0.4 is 0 Å². The lowest BCUT2D eigenvalue weighted by Crippen LogP contribution is -2.13. The number of rotatable bonds is 3. The van der Waals surface area contributed by atoms with E-state index in [1.54, 1.807) is 12.1 Å². The Morgan fingerprint density at radius 1 is 1.37 bits per heavy atom. The molecule has 0 aliphatic rings. The largest absolute Gasteiger partial charge is 0.292 e. The molecule has 0 aliphatic heterocycles. The molecule has 5 heteroatoms. The van der Waals surface area contributed by atoms with E-state index in [1.165, 1.54) is 36.7 Å². The molecule has 1 aromatic heterocycles. The van der Waals surface area contributed by atoms with Gasteiger partial charge in [-0.05, 0) is 24.3 Å². The molecule has 3 nitrogen and oxygen atoms in total. The summed E-state index contributed by atoms with van der Waals surface area (Å²) in [5.74, 6) is -2.48. The van der Waals surface area contributed by atoms with Gasteiger partial charge in [0.05, 0.1) is 6.07 Å². The number of nitriles is 1. The first-order valence-corrected chi connectivity index (χ1v) is 5.80. The van der Waals surface area contributed by atoms with Crippen molar-refractivity contribution in [1.82, 2.24) is 4.98 Å². The Kier molecular flexibility index (Phi) is 3.88. The Morgan fingerprint density at radius 3 is 2.74 bits per heavy atom. The monoisotopic (exact) mass is 274 g/mol. The van der Waals surface area contributed by atoms with Gasteiger partial charge >= 0.3 is 0 Å². The minimum Gasteiger partial charge on any atom is -0.292 e. The summed E-state index contributed by atoms with van der Waals surface area (Å²) in [4.78, 5) is 16.0. The number of carbonyl (C=O) groups is 1. The average Bonchev–Trinajstić information content (AvgIpc) is 2.43. The van der Waals surface area contributed by atoms with Gasteiger partial charge in [-0.25, -0.2) is 4.39 Å². The molecular weight excluding hydrogens is 267 g/mol. The summed E-state index contributed by atoms with van der Waals surface area (Å²) in [5, 5.41) is 9.20. The second-order valence-electron chi connectivity index (χ2n) is 3.80. The van der Waals surface area contributed by atoms with E-state index in [0.717, 1.165) is 0 Å². The number of Topliss-reactive ketones (excluding diaryl/α,β-unsaturated/α-hetero) is 1. The standard InChI is InChI=1S/C14H8ClFN2O/c15-11-4-1-5-12(16)13(11)10(7-17)14(19)9-3-2-6-18-8-9/h1-6,8,10H. The van der Waals surface area contributed by atoms with Crippen LogP contribution in [0.1, 0.15) is 21.8 Å². The predicted octanol–water partition coefficient (Wildman–Crippen LogP) is 3.36. The number of nitrogens with zero attached hydrogens (tertiary/aromatic N) is 2. The maximum atomic E-state index is 13.8. The number of ketones is 1. The molecule has 94 valence electrons. The highest BCUT2D eigenvalue weighted by Crippen LogP contribution is 2.29. The summed E-state index contributed by atoms with van der Waals surface area (Å²) < 4.78 is 13.8. The number of hydrogen-bond donors (Lipinski definition) is 0. The van der Waals surface area contributed by atoms with E-state index in [9.17, 15) is 9.18 Å². The molecule has 1 heterocycles. The van der Waals surface area contributed by atoms with Crippen molar-refractivity contribution >= 4 is 17.4 Å². The van der Waals surface area contributed by atoms with Crippen LogP contribution in [-0.4, -0.2) is 10.8 Å². The Bertz CT molecular complexity index is 632. The van der Waals surface area contributed by atoms with Gasteiger partial charge in [-0.15, -0.1) is 0 Å². The van der Waals surface area contributed by atoms with E-state index in [1.807, 2.05) is 0 Å². The third kappa shape index (κ3) is 2.61. The molecule has 0 spiro atoms. The summed E-state index contributed by atoms with van der Waals surface area (Å²) in [7, 11) is 0. The number of pyridine rings is 1.